The van der Waals surface area contributed by atoms with Crippen molar-refractivity contribution in [1.82, 2.24) is 9.55 Å². The third-order valence-corrected chi connectivity index (χ3v) is 4.33. The van der Waals surface area contributed by atoms with Crippen LogP contribution >= 0.6 is 15.9 Å². The van der Waals surface area contributed by atoms with Gasteiger partial charge in [0.1, 0.15) is 5.82 Å². The lowest BCUT2D eigenvalue weighted by atomic mass is 9.88. The van der Waals surface area contributed by atoms with E-state index in [1.165, 1.54) is 0 Å². The van der Waals surface area contributed by atoms with Crippen LogP contribution in [0, 0.1) is 5.41 Å². The van der Waals surface area contributed by atoms with Crippen molar-refractivity contribution >= 4 is 26.8 Å². The number of fused-ring (bicyclic) bond motifs is 2. The van der Waals surface area contributed by atoms with Crippen LogP contribution in [0.3, 0.4) is 0 Å². The normalized spacial score (nSPS) is 18.1. The van der Waals surface area contributed by atoms with Gasteiger partial charge in [-0.1, -0.05) is 29.8 Å². The quantitative estimate of drug-likeness (QED) is 0.744. The van der Waals surface area contributed by atoms with Gasteiger partial charge < -0.3 is 0 Å². The van der Waals surface area contributed by atoms with Crippen LogP contribution in [0.1, 0.15) is 32.5 Å². The Balaban J connectivity index is 2.28. The molecule has 0 atom stereocenters. The second kappa shape index (κ2) is 4.44. The molecule has 1 aromatic heterocycles. The zero-order chi connectivity index (χ0) is 13.6. The van der Waals surface area contributed by atoms with Gasteiger partial charge in [-0.05, 0) is 36.5 Å². The number of benzene rings is 1. The molecule has 4 heteroatoms. The predicted molar refractivity (Wildman–Crippen MR) is 80.4 cm³/mol. The van der Waals surface area contributed by atoms with Crippen LogP contribution < -0.4 is 5.56 Å². The lowest BCUT2D eigenvalue weighted by Crippen LogP contribution is -2.29. The van der Waals surface area contributed by atoms with Crippen molar-refractivity contribution < 1.29 is 0 Å². The Kier molecular flexibility index (Phi) is 3.01. The molecule has 19 heavy (non-hydrogen) atoms. The highest BCUT2D eigenvalue weighted by Crippen LogP contribution is 2.29. The summed E-state index contributed by atoms with van der Waals surface area (Å²) in [4.78, 5) is 17.3. The molecule has 0 saturated heterocycles. The highest BCUT2D eigenvalue weighted by atomic mass is 79.9. The second-order valence-corrected chi connectivity index (χ2v) is 7.01. The van der Waals surface area contributed by atoms with Gasteiger partial charge in [-0.15, -0.1) is 0 Å². The fourth-order valence-electron chi connectivity index (χ4n) is 2.83. The fourth-order valence-corrected chi connectivity index (χ4v) is 3.18. The molecule has 0 N–H and O–H groups in total. The van der Waals surface area contributed by atoms with Gasteiger partial charge in [0.15, 0.2) is 0 Å². The minimum absolute atomic E-state index is 0.0995. The summed E-state index contributed by atoms with van der Waals surface area (Å²) in [5, 5.41) is 0.713. The third kappa shape index (κ3) is 2.34. The van der Waals surface area contributed by atoms with E-state index in [0.717, 1.165) is 41.6 Å². The Labute approximate surface area is 120 Å². The second-order valence-electron chi connectivity index (χ2n) is 6.10. The number of hydrogen-bond donors (Lipinski definition) is 0. The Hall–Kier alpha value is -1.16. The summed E-state index contributed by atoms with van der Waals surface area (Å²) < 4.78 is 2.84. The van der Waals surface area contributed by atoms with Crippen LogP contribution in [0.2, 0.25) is 0 Å². The topological polar surface area (TPSA) is 34.9 Å². The van der Waals surface area contributed by atoms with Crippen molar-refractivity contribution in [1.29, 1.82) is 0 Å². The highest BCUT2D eigenvalue weighted by Gasteiger charge is 2.25. The minimum atomic E-state index is 0.0995. The zero-order valence-corrected chi connectivity index (χ0v) is 12.8. The van der Waals surface area contributed by atoms with Crippen LogP contribution in [-0.4, -0.2) is 9.55 Å². The first-order valence-corrected chi connectivity index (χ1v) is 7.45. The molecule has 0 spiro atoms. The van der Waals surface area contributed by atoms with E-state index in [1.807, 2.05) is 22.8 Å². The van der Waals surface area contributed by atoms with E-state index in [-0.39, 0.29) is 11.0 Å². The molecule has 2 aromatic rings. The molecule has 3 nitrogen and oxygen atoms in total. The lowest BCUT2D eigenvalue weighted by molar-refractivity contribution is 0.286. The first-order valence-electron chi connectivity index (χ1n) is 6.65. The van der Waals surface area contributed by atoms with Crippen LogP contribution in [0.25, 0.3) is 10.9 Å². The van der Waals surface area contributed by atoms with Gasteiger partial charge in [0, 0.05) is 17.4 Å². The van der Waals surface area contributed by atoms with Crippen molar-refractivity contribution in [2.75, 3.05) is 0 Å². The third-order valence-electron chi connectivity index (χ3n) is 3.84. The van der Waals surface area contributed by atoms with Gasteiger partial charge in [0.05, 0.1) is 10.9 Å². The Morgan fingerprint density at radius 2 is 2.16 bits per heavy atom. The Morgan fingerprint density at radius 1 is 1.37 bits per heavy atom. The maximum atomic E-state index is 12.6. The molecule has 1 aliphatic rings. The summed E-state index contributed by atoms with van der Waals surface area (Å²) >= 11 is 3.44. The summed E-state index contributed by atoms with van der Waals surface area (Å²) in [7, 11) is 0. The van der Waals surface area contributed by atoms with Crippen LogP contribution in [0.15, 0.2) is 27.5 Å². The lowest BCUT2D eigenvalue weighted by Gasteiger charge is -2.23. The van der Waals surface area contributed by atoms with Gasteiger partial charge in [-0.2, -0.15) is 0 Å². The molecular formula is C15H17BrN2O. The molecule has 0 amide bonds. The molecule has 0 unspecified atom stereocenters. The molecule has 100 valence electrons. The SMILES string of the molecule is CC1(C)CCCc2nc3cc(Br)ccc3c(=O)n2C1. The smallest absolute Gasteiger partial charge is 0.261 e. The van der Waals surface area contributed by atoms with Crippen LogP contribution in [0.4, 0.5) is 0 Å². The Bertz CT molecular complexity index is 703. The molecular weight excluding hydrogens is 304 g/mol. The average molecular weight is 321 g/mol. The van der Waals surface area contributed by atoms with E-state index in [0.29, 0.717) is 5.39 Å². The largest absolute Gasteiger partial charge is 0.296 e. The summed E-state index contributed by atoms with van der Waals surface area (Å²) in [5.41, 5.74) is 1.06. The monoisotopic (exact) mass is 320 g/mol. The number of rotatable bonds is 0. The van der Waals surface area contributed by atoms with E-state index >= 15 is 0 Å². The van der Waals surface area contributed by atoms with Gasteiger partial charge in [0.25, 0.3) is 5.56 Å². The fraction of sp³-hybridized carbons (Fsp3) is 0.467. The van der Waals surface area contributed by atoms with Gasteiger partial charge in [0.2, 0.25) is 0 Å². The van der Waals surface area contributed by atoms with Gasteiger partial charge in [-0.25, -0.2) is 4.98 Å². The van der Waals surface area contributed by atoms with E-state index in [9.17, 15) is 4.79 Å². The predicted octanol–water partition coefficient (Wildman–Crippen LogP) is 3.52. The standard InChI is InChI=1S/C15H17BrN2O/c1-15(2)7-3-4-13-17-12-8-10(16)5-6-11(12)14(19)18(13)9-15/h5-6,8H,3-4,7,9H2,1-2H3. The highest BCUT2D eigenvalue weighted by molar-refractivity contribution is 9.10. The summed E-state index contributed by atoms with van der Waals surface area (Å²) in [6, 6.07) is 5.69. The van der Waals surface area contributed by atoms with Gasteiger partial charge in [-0.3, -0.25) is 9.36 Å². The van der Waals surface area contributed by atoms with E-state index in [4.69, 9.17) is 4.98 Å². The summed E-state index contributed by atoms with van der Waals surface area (Å²) in [6.07, 6.45) is 3.12. The molecule has 0 aliphatic carbocycles. The number of hydrogen-bond acceptors (Lipinski definition) is 2. The first-order chi connectivity index (χ1) is 8.96. The Morgan fingerprint density at radius 3 is 2.95 bits per heavy atom. The van der Waals surface area contributed by atoms with Crippen LogP contribution in [-0.2, 0) is 13.0 Å². The summed E-state index contributed by atoms with van der Waals surface area (Å²) in [5.74, 6) is 0.932. The number of aryl methyl sites for hydroxylation is 1. The van der Waals surface area contributed by atoms with Crippen molar-refractivity contribution in [3.63, 3.8) is 0 Å². The summed E-state index contributed by atoms with van der Waals surface area (Å²) in [6.45, 7) is 5.21. The molecule has 0 fully saturated rings. The maximum absolute atomic E-state index is 12.6. The van der Waals surface area contributed by atoms with E-state index in [1.54, 1.807) is 0 Å². The van der Waals surface area contributed by atoms with Crippen LogP contribution in [0.5, 0.6) is 0 Å². The first kappa shape index (κ1) is 12.9. The van der Waals surface area contributed by atoms with E-state index in [2.05, 4.69) is 29.8 Å². The van der Waals surface area contributed by atoms with Gasteiger partial charge >= 0.3 is 0 Å². The van der Waals surface area contributed by atoms with Crippen molar-refractivity contribution in [2.45, 2.75) is 39.7 Å². The molecule has 2 heterocycles. The molecule has 0 saturated carbocycles. The van der Waals surface area contributed by atoms with Crippen molar-refractivity contribution in [2.24, 2.45) is 5.41 Å². The molecule has 0 radical (unpaired) electrons. The van der Waals surface area contributed by atoms with E-state index < -0.39 is 0 Å². The van der Waals surface area contributed by atoms with Crippen molar-refractivity contribution in [3.8, 4) is 0 Å². The number of halogens is 1. The molecule has 0 bridgehead atoms. The average Bonchev–Trinajstić information content (AvgIpc) is 2.47. The van der Waals surface area contributed by atoms with Crippen molar-refractivity contribution in [3.05, 3.63) is 38.9 Å². The molecule has 1 aromatic carbocycles. The molecule has 1 aliphatic heterocycles. The maximum Gasteiger partial charge on any atom is 0.261 e. The molecule has 3 rings (SSSR count). The minimum Gasteiger partial charge on any atom is -0.296 e. The number of nitrogens with zero attached hydrogens (tertiary/aromatic N) is 2. The number of aromatic nitrogens is 2. The zero-order valence-electron chi connectivity index (χ0n) is 11.2.